The Labute approximate surface area is 116 Å². The van der Waals surface area contributed by atoms with Crippen molar-refractivity contribution < 1.29 is 9.53 Å². The Balaban J connectivity index is 1.80. The smallest absolute Gasteiger partial charge is 0.307 e. The predicted octanol–water partition coefficient (Wildman–Crippen LogP) is 1.79. The highest BCUT2D eigenvalue weighted by Gasteiger charge is 2.31. The van der Waals surface area contributed by atoms with Crippen LogP contribution >= 0.6 is 0 Å². The molecule has 0 aromatic heterocycles. The van der Waals surface area contributed by atoms with Gasteiger partial charge in [0.15, 0.2) is 0 Å². The van der Waals surface area contributed by atoms with Gasteiger partial charge in [0, 0.05) is 18.6 Å². The van der Waals surface area contributed by atoms with Crippen molar-refractivity contribution in [3.63, 3.8) is 0 Å². The van der Waals surface area contributed by atoms with Crippen LogP contribution in [0.1, 0.15) is 46.0 Å². The molecule has 0 spiro atoms. The Kier molecular flexibility index (Phi) is 5.64. The van der Waals surface area contributed by atoms with E-state index in [1.807, 2.05) is 6.92 Å². The molecule has 2 fully saturated rings. The van der Waals surface area contributed by atoms with Gasteiger partial charge in [-0.2, -0.15) is 0 Å². The first-order valence-electron chi connectivity index (χ1n) is 7.83. The summed E-state index contributed by atoms with van der Waals surface area (Å²) in [5.41, 5.74) is 0. The Morgan fingerprint density at radius 2 is 2.26 bits per heavy atom. The minimum atomic E-state index is -0.0592. The van der Waals surface area contributed by atoms with E-state index in [0.717, 1.165) is 19.0 Å². The number of esters is 1. The SMILES string of the molecule is CCOC(=O)CC(C)N1CCCC(C2CCCN2)C1. The Morgan fingerprint density at radius 3 is 2.95 bits per heavy atom. The number of piperidine rings is 1. The summed E-state index contributed by atoms with van der Waals surface area (Å²) in [6, 6.07) is 1.01. The lowest BCUT2D eigenvalue weighted by atomic mass is 9.89. The molecule has 2 heterocycles. The van der Waals surface area contributed by atoms with E-state index < -0.39 is 0 Å². The van der Waals surface area contributed by atoms with Gasteiger partial charge in [-0.15, -0.1) is 0 Å². The molecular formula is C15H28N2O2. The van der Waals surface area contributed by atoms with Gasteiger partial charge < -0.3 is 10.1 Å². The van der Waals surface area contributed by atoms with Crippen LogP contribution in [0.15, 0.2) is 0 Å². The highest BCUT2D eigenvalue weighted by Crippen LogP contribution is 2.26. The maximum absolute atomic E-state index is 11.6. The van der Waals surface area contributed by atoms with Gasteiger partial charge in [-0.1, -0.05) is 0 Å². The number of carbonyl (C=O) groups is 1. The van der Waals surface area contributed by atoms with Gasteiger partial charge in [-0.05, 0) is 58.5 Å². The van der Waals surface area contributed by atoms with Crippen LogP contribution in [0.5, 0.6) is 0 Å². The summed E-state index contributed by atoms with van der Waals surface area (Å²) in [4.78, 5) is 14.0. The van der Waals surface area contributed by atoms with Crippen molar-refractivity contribution in [3.8, 4) is 0 Å². The normalized spacial score (nSPS) is 30.2. The second-order valence-corrected chi connectivity index (χ2v) is 5.96. The van der Waals surface area contributed by atoms with E-state index in [4.69, 9.17) is 4.74 Å². The van der Waals surface area contributed by atoms with Crippen LogP contribution in [-0.2, 0) is 9.53 Å². The van der Waals surface area contributed by atoms with Gasteiger partial charge in [-0.25, -0.2) is 0 Å². The van der Waals surface area contributed by atoms with Crippen LogP contribution < -0.4 is 5.32 Å². The molecule has 19 heavy (non-hydrogen) atoms. The van der Waals surface area contributed by atoms with Crippen LogP contribution in [0.4, 0.5) is 0 Å². The Bertz CT molecular complexity index is 290. The zero-order valence-electron chi connectivity index (χ0n) is 12.4. The molecule has 1 N–H and O–H groups in total. The maximum Gasteiger partial charge on any atom is 0.307 e. The lowest BCUT2D eigenvalue weighted by molar-refractivity contribution is -0.144. The third-order valence-electron chi connectivity index (χ3n) is 4.55. The second kappa shape index (κ2) is 7.25. The molecule has 4 heteroatoms. The van der Waals surface area contributed by atoms with Crippen molar-refractivity contribution >= 4 is 5.97 Å². The second-order valence-electron chi connectivity index (χ2n) is 5.96. The average molecular weight is 268 g/mol. The van der Waals surface area contributed by atoms with Crippen LogP contribution in [0.2, 0.25) is 0 Å². The zero-order chi connectivity index (χ0) is 13.7. The number of rotatable bonds is 5. The van der Waals surface area contributed by atoms with E-state index >= 15 is 0 Å². The fourth-order valence-electron chi connectivity index (χ4n) is 3.47. The maximum atomic E-state index is 11.6. The number of nitrogens with one attached hydrogen (secondary N) is 1. The van der Waals surface area contributed by atoms with Crippen LogP contribution in [0.25, 0.3) is 0 Å². The van der Waals surface area contributed by atoms with Gasteiger partial charge in [0.1, 0.15) is 0 Å². The lowest BCUT2D eigenvalue weighted by Gasteiger charge is -2.38. The third-order valence-corrected chi connectivity index (χ3v) is 4.55. The van der Waals surface area contributed by atoms with Gasteiger partial charge in [0.2, 0.25) is 0 Å². The molecule has 3 atom stereocenters. The van der Waals surface area contributed by atoms with E-state index in [1.54, 1.807) is 0 Å². The first kappa shape index (κ1) is 14.8. The molecule has 4 nitrogen and oxygen atoms in total. The van der Waals surface area contributed by atoms with E-state index in [1.165, 1.54) is 32.2 Å². The molecule has 0 aromatic rings. The molecule has 3 unspecified atom stereocenters. The number of nitrogens with zero attached hydrogens (tertiary/aromatic N) is 1. The molecule has 2 aliphatic rings. The van der Waals surface area contributed by atoms with Crippen LogP contribution in [-0.4, -0.2) is 49.2 Å². The largest absolute Gasteiger partial charge is 0.466 e. The molecule has 2 rings (SSSR count). The first-order valence-corrected chi connectivity index (χ1v) is 7.83. The van der Waals surface area contributed by atoms with Crippen molar-refractivity contribution in [2.75, 3.05) is 26.2 Å². The fraction of sp³-hybridized carbons (Fsp3) is 0.933. The van der Waals surface area contributed by atoms with Crippen molar-refractivity contribution in [2.24, 2.45) is 5.92 Å². The van der Waals surface area contributed by atoms with E-state index in [9.17, 15) is 4.79 Å². The quantitative estimate of drug-likeness (QED) is 0.772. The summed E-state index contributed by atoms with van der Waals surface area (Å²) in [6.07, 6.45) is 5.76. The van der Waals surface area contributed by atoms with E-state index in [-0.39, 0.29) is 5.97 Å². The van der Waals surface area contributed by atoms with Gasteiger partial charge in [-0.3, -0.25) is 9.69 Å². The monoisotopic (exact) mass is 268 g/mol. The molecule has 0 radical (unpaired) electrons. The Morgan fingerprint density at radius 1 is 1.42 bits per heavy atom. The number of likely N-dealkylation sites (tertiary alicyclic amines) is 1. The van der Waals surface area contributed by atoms with Crippen molar-refractivity contribution in [2.45, 2.75) is 58.0 Å². The van der Waals surface area contributed by atoms with Crippen LogP contribution in [0.3, 0.4) is 0 Å². The topological polar surface area (TPSA) is 41.6 Å². The summed E-state index contributed by atoms with van der Waals surface area (Å²) in [7, 11) is 0. The molecule has 2 saturated heterocycles. The minimum Gasteiger partial charge on any atom is -0.466 e. The van der Waals surface area contributed by atoms with Crippen molar-refractivity contribution in [3.05, 3.63) is 0 Å². The summed E-state index contributed by atoms with van der Waals surface area (Å²) in [5, 5.41) is 3.63. The molecule has 110 valence electrons. The third kappa shape index (κ3) is 4.18. The highest BCUT2D eigenvalue weighted by molar-refractivity contribution is 5.70. The molecule has 0 aliphatic carbocycles. The van der Waals surface area contributed by atoms with Gasteiger partial charge >= 0.3 is 5.97 Å². The minimum absolute atomic E-state index is 0.0592. The van der Waals surface area contributed by atoms with Gasteiger partial charge in [0.05, 0.1) is 13.0 Å². The van der Waals surface area contributed by atoms with Crippen molar-refractivity contribution in [1.82, 2.24) is 10.2 Å². The fourth-order valence-corrected chi connectivity index (χ4v) is 3.47. The number of hydrogen-bond donors (Lipinski definition) is 1. The molecule has 2 aliphatic heterocycles. The summed E-state index contributed by atoms with van der Waals surface area (Å²) < 4.78 is 5.05. The molecule has 0 amide bonds. The number of hydrogen-bond acceptors (Lipinski definition) is 4. The molecule has 0 aromatic carbocycles. The highest BCUT2D eigenvalue weighted by atomic mass is 16.5. The summed E-state index contributed by atoms with van der Waals surface area (Å²) >= 11 is 0. The summed E-state index contributed by atoms with van der Waals surface area (Å²) in [5.74, 6) is 0.706. The lowest BCUT2D eigenvalue weighted by Crippen LogP contribution is -2.47. The summed E-state index contributed by atoms with van der Waals surface area (Å²) in [6.45, 7) is 7.95. The average Bonchev–Trinajstić information content (AvgIpc) is 2.93. The van der Waals surface area contributed by atoms with E-state index in [2.05, 4.69) is 17.1 Å². The number of ether oxygens (including phenoxy) is 1. The molecular weight excluding hydrogens is 240 g/mol. The Hall–Kier alpha value is -0.610. The first-order chi connectivity index (χ1) is 9.20. The van der Waals surface area contributed by atoms with E-state index in [0.29, 0.717) is 25.1 Å². The molecule has 0 bridgehead atoms. The predicted molar refractivity (Wildman–Crippen MR) is 76.0 cm³/mol. The van der Waals surface area contributed by atoms with Gasteiger partial charge in [0.25, 0.3) is 0 Å². The van der Waals surface area contributed by atoms with Crippen LogP contribution in [0, 0.1) is 5.92 Å². The standard InChI is InChI=1S/C15H28N2O2/c1-3-19-15(18)10-12(2)17-9-5-6-13(11-17)14-7-4-8-16-14/h12-14,16H,3-11H2,1-2H3. The molecule has 0 saturated carbocycles. The number of carbonyl (C=O) groups excluding carboxylic acids is 1. The zero-order valence-corrected chi connectivity index (χ0v) is 12.4. The van der Waals surface area contributed by atoms with Crippen molar-refractivity contribution in [1.29, 1.82) is 0 Å².